The Morgan fingerprint density at radius 2 is 2.04 bits per heavy atom. The number of nitrogens with zero attached hydrogens (tertiary/aromatic N) is 3. The number of carbonyl (C=O) groups is 1. The minimum atomic E-state index is -0.186. The summed E-state index contributed by atoms with van der Waals surface area (Å²) in [7, 11) is 0. The molecule has 0 radical (unpaired) electrons. The van der Waals surface area contributed by atoms with Gasteiger partial charge < -0.3 is 10.2 Å². The van der Waals surface area contributed by atoms with Gasteiger partial charge >= 0.3 is 0 Å². The summed E-state index contributed by atoms with van der Waals surface area (Å²) in [5.41, 5.74) is 2.31. The van der Waals surface area contributed by atoms with Crippen LogP contribution in [0.15, 0.2) is 28.6 Å². The first-order chi connectivity index (χ1) is 13.1. The van der Waals surface area contributed by atoms with Gasteiger partial charge in [-0.25, -0.2) is 0 Å². The second-order valence-electron chi connectivity index (χ2n) is 7.50. The van der Waals surface area contributed by atoms with E-state index in [9.17, 15) is 4.79 Å². The van der Waals surface area contributed by atoms with E-state index in [1.807, 2.05) is 30.0 Å². The Hall–Kier alpha value is -1.60. The van der Waals surface area contributed by atoms with E-state index in [-0.39, 0.29) is 17.2 Å². The van der Waals surface area contributed by atoms with E-state index in [0.29, 0.717) is 6.04 Å². The fourth-order valence-corrected chi connectivity index (χ4v) is 6.06. The minimum absolute atomic E-state index is 0.148. The number of fused-ring (bicyclic) bond motifs is 1. The molecule has 0 spiro atoms. The van der Waals surface area contributed by atoms with Crippen molar-refractivity contribution in [2.45, 2.75) is 74.0 Å². The topological polar surface area (TPSA) is 58.1 Å². The molecule has 1 saturated carbocycles. The number of aromatic nitrogens is 2. The summed E-state index contributed by atoms with van der Waals surface area (Å²) in [5, 5.41) is 12.8. The second kappa shape index (κ2) is 8.19. The summed E-state index contributed by atoms with van der Waals surface area (Å²) in [5.74, 6) is 0.148. The van der Waals surface area contributed by atoms with Crippen LogP contribution in [-0.4, -0.2) is 33.4 Å². The Morgan fingerprint density at radius 3 is 2.85 bits per heavy atom. The zero-order valence-corrected chi connectivity index (χ0v) is 17.5. The fraction of sp³-hybridized carbons (Fsp3) is 0.550. The molecule has 2 aliphatic rings. The van der Waals surface area contributed by atoms with Crippen molar-refractivity contribution in [1.29, 1.82) is 0 Å². The summed E-state index contributed by atoms with van der Waals surface area (Å²) >= 11 is 3.07. The van der Waals surface area contributed by atoms with E-state index in [4.69, 9.17) is 0 Å². The van der Waals surface area contributed by atoms with Gasteiger partial charge in [0.15, 0.2) is 4.34 Å². The van der Waals surface area contributed by atoms with E-state index in [1.54, 1.807) is 11.3 Å². The van der Waals surface area contributed by atoms with Gasteiger partial charge in [0, 0.05) is 17.8 Å². The van der Waals surface area contributed by atoms with E-state index in [1.165, 1.54) is 49.4 Å². The maximum atomic E-state index is 13.1. The zero-order chi connectivity index (χ0) is 18.8. The summed E-state index contributed by atoms with van der Waals surface area (Å²) in [6.07, 6.45) is 7.27. The van der Waals surface area contributed by atoms with Gasteiger partial charge in [-0.3, -0.25) is 4.79 Å². The Morgan fingerprint density at radius 1 is 1.26 bits per heavy atom. The molecule has 7 heteroatoms. The number of hydrogen-bond acceptors (Lipinski definition) is 6. The summed E-state index contributed by atoms with van der Waals surface area (Å²) in [6.45, 7) is 4.09. The highest BCUT2D eigenvalue weighted by molar-refractivity contribution is 8.02. The van der Waals surface area contributed by atoms with E-state index in [2.05, 4.69) is 28.5 Å². The SMILES string of the molecule is CC(Sc1nnc(NC2CCCCC2)s1)C(=O)N1c2ccccc2CC1C. The molecule has 2 atom stereocenters. The normalized spacial score (nSPS) is 21.1. The molecule has 0 saturated heterocycles. The largest absolute Gasteiger partial charge is 0.357 e. The van der Waals surface area contributed by atoms with Crippen LogP contribution in [-0.2, 0) is 11.2 Å². The van der Waals surface area contributed by atoms with Gasteiger partial charge in [0.25, 0.3) is 0 Å². The molecule has 4 rings (SSSR count). The van der Waals surface area contributed by atoms with Gasteiger partial charge in [-0.2, -0.15) is 0 Å². The van der Waals surface area contributed by atoms with Crippen LogP contribution in [0.3, 0.4) is 0 Å². The van der Waals surface area contributed by atoms with Gasteiger partial charge in [-0.05, 0) is 44.7 Å². The molecule has 5 nitrogen and oxygen atoms in total. The third kappa shape index (κ3) is 4.14. The summed E-state index contributed by atoms with van der Waals surface area (Å²) in [4.78, 5) is 15.0. The molecule has 2 aromatic rings. The molecule has 1 N–H and O–H groups in total. The van der Waals surface area contributed by atoms with Crippen LogP contribution in [0.5, 0.6) is 0 Å². The van der Waals surface area contributed by atoms with Crippen molar-refractivity contribution in [2.75, 3.05) is 10.2 Å². The minimum Gasteiger partial charge on any atom is -0.357 e. The first-order valence-corrected chi connectivity index (χ1v) is 11.5. The Kier molecular flexibility index (Phi) is 5.68. The summed E-state index contributed by atoms with van der Waals surface area (Å²) in [6, 6.07) is 8.93. The molecule has 1 aromatic carbocycles. The quantitative estimate of drug-likeness (QED) is 0.732. The Bertz CT molecular complexity index is 803. The number of amides is 1. The van der Waals surface area contributed by atoms with Gasteiger partial charge in [-0.1, -0.05) is 60.6 Å². The molecular weight excluding hydrogens is 376 g/mol. The van der Waals surface area contributed by atoms with Gasteiger partial charge in [0.1, 0.15) is 0 Å². The van der Waals surface area contributed by atoms with E-state index >= 15 is 0 Å². The van der Waals surface area contributed by atoms with Crippen molar-refractivity contribution < 1.29 is 4.79 Å². The van der Waals surface area contributed by atoms with Crippen molar-refractivity contribution in [3.63, 3.8) is 0 Å². The first kappa shape index (κ1) is 18.7. The number of rotatable bonds is 5. The fourth-order valence-electron chi connectivity index (χ4n) is 4.04. The van der Waals surface area contributed by atoms with Crippen molar-refractivity contribution in [1.82, 2.24) is 10.2 Å². The molecular formula is C20H26N4OS2. The number of benzene rings is 1. The maximum absolute atomic E-state index is 13.1. The molecule has 1 aliphatic carbocycles. The molecule has 1 aromatic heterocycles. The van der Waals surface area contributed by atoms with Crippen molar-refractivity contribution in [3.8, 4) is 0 Å². The molecule has 144 valence electrons. The lowest BCUT2D eigenvalue weighted by atomic mass is 9.96. The predicted octanol–water partition coefficient (Wildman–Crippen LogP) is 4.74. The number of hydrogen-bond donors (Lipinski definition) is 1. The third-order valence-electron chi connectivity index (χ3n) is 5.41. The Labute approximate surface area is 168 Å². The van der Waals surface area contributed by atoms with Crippen LogP contribution in [0.2, 0.25) is 0 Å². The predicted molar refractivity (Wildman–Crippen MR) is 113 cm³/mol. The van der Waals surface area contributed by atoms with E-state index in [0.717, 1.165) is 21.6 Å². The van der Waals surface area contributed by atoms with Gasteiger partial charge in [-0.15, -0.1) is 10.2 Å². The number of nitrogens with one attached hydrogen (secondary N) is 1. The number of carbonyl (C=O) groups excluding carboxylic acids is 1. The maximum Gasteiger partial charge on any atom is 0.240 e. The van der Waals surface area contributed by atoms with Gasteiger partial charge in [0.05, 0.1) is 5.25 Å². The molecule has 0 bridgehead atoms. The number of para-hydroxylation sites is 1. The molecule has 1 amide bonds. The van der Waals surface area contributed by atoms with Crippen LogP contribution in [0.1, 0.15) is 51.5 Å². The average molecular weight is 403 g/mol. The van der Waals surface area contributed by atoms with Crippen molar-refractivity contribution in [3.05, 3.63) is 29.8 Å². The Balaban J connectivity index is 1.39. The zero-order valence-electron chi connectivity index (χ0n) is 15.9. The van der Waals surface area contributed by atoms with Crippen LogP contribution in [0.4, 0.5) is 10.8 Å². The third-order valence-corrected chi connectivity index (χ3v) is 7.44. The molecule has 2 heterocycles. The lowest BCUT2D eigenvalue weighted by Crippen LogP contribution is -2.40. The highest BCUT2D eigenvalue weighted by Crippen LogP contribution is 2.36. The smallest absolute Gasteiger partial charge is 0.240 e. The lowest BCUT2D eigenvalue weighted by molar-refractivity contribution is -0.118. The van der Waals surface area contributed by atoms with Crippen LogP contribution in [0, 0.1) is 0 Å². The number of anilines is 2. The average Bonchev–Trinajstić information content (AvgIpc) is 3.24. The molecule has 1 aliphatic heterocycles. The first-order valence-electron chi connectivity index (χ1n) is 9.79. The van der Waals surface area contributed by atoms with Crippen LogP contribution < -0.4 is 10.2 Å². The van der Waals surface area contributed by atoms with Crippen LogP contribution in [0.25, 0.3) is 0 Å². The molecule has 2 unspecified atom stereocenters. The van der Waals surface area contributed by atoms with Gasteiger partial charge in [0.2, 0.25) is 11.0 Å². The van der Waals surface area contributed by atoms with Crippen molar-refractivity contribution >= 4 is 39.8 Å². The number of thioether (sulfide) groups is 1. The van der Waals surface area contributed by atoms with Crippen molar-refractivity contribution in [2.24, 2.45) is 0 Å². The highest BCUT2D eigenvalue weighted by Gasteiger charge is 2.33. The molecule has 1 fully saturated rings. The van der Waals surface area contributed by atoms with Crippen LogP contribution >= 0.6 is 23.1 Å². The summed E-state index contributed by atoms with van der Waals surface area (Å²) < 4.78 is 0.856. The molecule has 27 heavy (non-hydrogen) atoms. The van der Waals surface area contributed by atoms with E-state index < -0.39 is 0 Å². The monoisotopic (exact) mass is 402 g/mol. The lowest BCUT2D eigenvalue weighted by Gasteiger charge is -2.25. The highest BCUT2D eigenvalue weighted by atomic mass is 32.2. The second-order valence-corrected chi connectivity index (χ2v) is 10.1. The standard InChI is InChI=1S/C20H26N4OS2/c1-13-12-15-8-6-7-11-17(15)24(13)18(25)14(2)26-20-23-22-19(27-20)21-16-9-4-3-5-10-16/h6-8,11,13-14,16H,3-5,9-10,12H2,1-2H3,(H,21,22).